The summed E-state index contributed by atoms with van der Waals surface area (Å²) in [5.41, 5.74) is -1.33. The van der Waals surface area contributed by atoms with Crippen LogP contribution in [0.25, 0.3) is 22.0 Å². The van der Waals surface area contributed by atoms with E-state index in [1.165, 1.54) is 12.1 Å². The second-order valence-electron chi connectivity index (χ2n) is 6.91. The molecule has 3 aromatic rings. The second kappa shape index (κ2) is 8.07. The van der Waals surface area contributed by atoms with Gasteiger partial charge >= 0.3 is 0 Å². The number of carbonyl (C=O) groups is 1. The lowest BCUT2D eigenvalue weighted by Gasteiger charge is -2.35. The average molecular weight is 449 g/mol. The van der Waals surface area contributed by atoms with Gasteiger partial charge in [0.05, 0.1) is 10.6 Å². The molecule has 0 spiro atoms. The Hall–Kier alpha value is -3.33. The molecule has 2 aromatic carbocycles. The standard InChI is InChI=1S/C21H16ClF3N4O2/c1-2-15(30)28-5-7-29(8-6-28)21-11-9-12(22)16(18(25)19(11)26-10-27-21)17-13(23)3-4-14(24)20(17)31/h2-4,9-10,31H,1,5-8H2. The minimum Gasteiger partial charge on any atom is -0.504 e. The molecule has 1 aliphatic heterocycles. The molecule has 0 saturated carbocycles. The number of aromatic hydroxyl groups is 1. The van der Waals surface area contributed by atoms with Gasteiger partial charge in [-0.3, -0.25) is 4.79 Å². The van der Waals surface area contributed by atoms with Crippen LogP contribution in [-0.4, -0.2) is 52.1 Å². The summed E-state index contributed by atoms with van der Waals surface area (Å²) in [6, 6.07) is 2.87. The van der Waals surface area contributed by atoms with Gasteiger partial charge in [-0.25, -0.2) is 23.1 Å². The van der Waals surface area contributed by atoms with Crippen LogP contribution in [0.4, 0.5) is 19.0 Å². The Kier molecular flexibility index (Phi) is 5.45. The van der Waals surface area contributed by atoms with Crippen LogP contribution in [0.1, 0.15) is 0 Å². The Morgan fingerprint density at radius 2 is 1.77 bits per heavy atom. The highest BCUT2D eigenvalue weighted by atomic mass is 35.5. The zero-order valence-electron chi connectivity index (χ0n) is 16.1. The summed E-state index contributed by atoms with van der Waals surface area (Å²) in [4.78, 5) is 23.5. The topological polar surface area (TPSA) is 69.6 Å². The Morgan fingerprint density at radius 1 is 1.10 bits per heavy atom. The lowest BCUT2D eigenvalue weighted by atomic mass is 10.0. The summed E-state index contributed by atoms with van der Waals surface area (Å²) in [7, 11) is 0. The smallest absolute Gasteiger partial charge is 0.246 e. The molecule has 0 aliphatic carbocycles. The predicted molar refractivity (Wildman–Crippen MR) is 111 cm³/mol. The highest BCUT2D eigenvalue weighted by Crippen LogP contribution is 2.42. The molecule has 0 unspecified atom stereocenters. The largest absolute Gasteiger partial charge is 0.504 e. The number of halogens is 4. The van der Waals surface area contributed by atoms with E-state index in [1.54, 1.807) is 4.90 Å². The van der Waals surface area contributed by atoms with E-state index in [4.69, 9.17) is 11.6 Å². The average Bonchev–Trinajstić information content (AvgIpc) is 2.78. The molecule has 6 nitrogen and oxygen atoms in total. The summed E-state index contributed by atoms with van der Waals surface area (Å²) in [5, 5.41) is 10.0. The molecule has 1 saturated heterocycles. The van der Waals surface area contributed by atoms with E-state index in [9.17, 15) is 18.7 Å². The lowest BCUT2D eigenvalue weighted by Crippen LogP contribution is -2.48. The third-order valence-corrected chi connectivity index (χ3v) is 5.49. The fourth-order valence-corrected chi connectivity index (χ4v) is 3.93. The molecule has 31 heavy (non-hydrogen) atoms. The van der Waals surface area contributed by atoms with Crippen LogP contribution in [0.3, 0.4) is 0 Å². The Balaban J connectivity index is 1.81. The van der Waals surface area contributed by atoms with Gasteiger partial charge in [-0.05, 0) is 24.3 Å². The van der Waals surface area contributed by atoms with Gasteiger partial charge in [0.2, 0.25) is 5.91 Å². The minimum absolute atomic E-state index is 0.156. The first kappa shape index (κ1) is 20.9. The Morgan fingerprint density at radius 3 is 2.45 bits per heavy atom. The molecule has 1 aliphatic rings. The van der Waals surface area contributed by atoms with Crippen LogP contribution in [0, 0.1) is 17.5 Å². The molecule has 0 atom stereocenters. The van der Waals surface area contributed by atoms with Crippen LogP contribution in [-0.2, 0) is 4.79 Å². The highest BCUT2D eigenvalue weighted by molar-refractivity contribution is 6.34. The van der Waals surface area contributed by atoms with Crippen molar-refractivity contribution in [1.29, 1.82) is 0 Å². The third kappa shape index (κ3) is 3.54. The molecule has 2 heterocycles. The maximum Gasteiger partial charge on any atom is 0.246 e. The number of hydrogen-bond donors (Lipinski definition) is 1. The van der Waals surface area contributed by atoms with Gasteiger partial charge in [-0.15, -0.1) is 0 Å². The molecule has 10 heteroatoms. The summed E-state index contributed by atoms with van der Waals surface area (Å²) in [6.45, 7) is 5.19. The second-order valence-corrected chi connectivity index (χ2v) is 7.32. The maximum absolute atomic E-state index is 15.4. The van der Waals surface area contributed by atoms with Crippen molar-refractivity contribution in [2.24, 2.45) is 0 Å². The zero-order chi connectivity index (χ0) is 22.3. The highest BCUT2D eigenvalue weighted by Gasteiger charge is 2.27. The number of benzene rings is 2. The molecular weight excluding hydrogens is 433 g/mol. The van der Waals surface area contributed by atoms with Crippen LogP contribution >= 0.6 is 11.6 Å². The van der Waals surface area contributed by atoms with E-state index in [1.807, 2.05) is 4.90 Å². The van der Waals surface area contributed by atoms with Gasteiger partial charge in [-0.2, -0.15) is 0 Å². The number of anilines is 1. The first-order valence-corrected chi connectivity index (χ1v) is 9.67. The summed E-state index contributed by atoms with van der Waals surface area (Å²) >= 11 is 6.26. The van der Waals surface area contributed by atoms with E-state index >= 15 is 4.39 Å². The van der Waals surface area contributed by atoms with Crippen molar-refractivity contribution in [3.63, 3.8) is 0 Å². The predicted octanol–water partition coefficient (Wildman–Crippen LogP) is 3.91. The van der Waals surface area contributed by atoms with E-state index < -0.39 is 34.3 Å². The van der Waals surface area contributed by atoms with Gasteiger partial charge in [-0.1, -0.05) is 18.2 Å². The van der Waals surface area contributed by atoms with Gasteiger partial charge in [0, 0.05) is 37.1 Å². The number of rotatable bonds is 3. The van der Waals surface area contributed by atoms with Crippen LogP contribution in [0.5, 0.6) is 5.75 Å². The quantitative estimate of drug-likeness (QED) is 0.615. The molecule has 1 fully saturated rings. The van der Waals surface area contributed by atoms with Gasteiger partial charge in [0.15, 0.2) is 17.4 Å². The first-order chi connectivity index (χ1) is 14.8. The molecule has 1 aromatic heterocycles. The van der Waals surface area contributed by atoms with Gasteiger partial charge in [0.25, 0.3) is 0 Å². The number of piperazine rings is 1. The van der Waals surface area contributed by atoms with Crippen molar-refractivity contribution in [2.45, 2.75) is 0 Å². The van der Waals surface area contributed by atoms with Crippen LogP contribution < -0.4 is 4.90 Å². The van der Waals surface area contributed by atoms with E-state index in [-0.39, 0.29) is 21.8 Å². The summed E-state index contributed by atoms with van der Waals surface area (Å²) in [6.07, 6.45) is 2.40. The van der Waals surface area contributed by atoms with E-state index in [0.717, 1.165) is 18.5 Å². The molecular formula is C21H16ClF3N4O2. The Bertz CT molecular complexity index is 1210. The number of aromatic nitrogens is 2. The maximum atomic E-state index is 15.4. The molecule has 4 rings (SSSR count). The van der Waals surface area contributed by atoms with E-state index in [0.29, 0.717) is 32.0 Å². The van der Waals surface area contributed by atoms with Crippen molar-refractivity contribution >= 4 is 34.2 Å². The third-order valence-electron chi connectivity index (χ3n) is 5.19. The Labute approximate surface area is 180 Å². The number of fused-ring (bicyclic) bond motifs is 1. The fourth-order valence-electron chi connectivity index (χ4n) is 3.64. The SMILES string of the molecule is C=CC(=O)N1CCN(c2ncnc3c(F)c(-c4c(F)ccc(F)c4O)c(Cl)cc23)CC1. The number of hydrogen-bond acceptors (Lipinski definition) is 5. The van der Waals surface area contributed by atoms with Crippen molar-refractivity contribution in [2.75, 3.05) is 31.1 Å². The van der Waals surface area contributed by atoms with E-state index in [2.05, 4.69) is 16.5 Å². The molecule has 1 amide bonds. The monoisotopic (exact) mass is 448 g/mol. The molecule has 0 radical (unpaired) electrons. The number of carbonyl (C=O) groups excluding carboxylic acids is 1. The molecule has 0 bridgehead atoms. The van der Waals surface area contributed by atoms with Crippen molar-refractivity contribution in [1.82, 2.24) is 14.9 Å². The summed E-state index contributed by atoms with van der Waals surface area (Å²) < 4.78 is 43.6. The fraction of sp³-hybridized carbons (Fsp3) is 0.190. The lowest BCUT2D eigenvalue weighted by molar-refractivity contribution is -0.126. The number of amides is 1. The van der Waals surface area contributed by atoms with Crippen molar-refractivity contribution in [3.05, 3.63) is 59.7 Å². The summed E-state index contributed by atoms with van der Waals surface area (Å²) in [5.74, 6) is -3.97. The molecule has 160 valence electrons. The minimum atomic E-state index is -1.11. The first-order valence-electron chi connectivity index (χ1n) is 9.29. The van der Waals surface area contributed by atoms with Gasteiger partial charge < -0.3 is 14.9 Å². The van der Waals surface area contributed by atoms with Crippen molar-refractivity contribution < 1.29 is 23.1 Å². The van der Waals surface area contributed by atoms with Crippen LogP contribution in [0.2, 0.25) is 5.02 Å². The van der Waals surface area contributed by atoms with Crippen LogP contribution in [0.15, 0.2) is 37.2 Å². The normalized spacial score (nSPS) is 14.2. The number of phenols is 1. The van der Waals surface area contributed by atoms with Crippen molar-refractivity contribution in [3.8, 4) is 16.9 Å². The zero-order valence-corrected chi connectivity index (χ0v) is 16.8. The number of phenolic OH excluding ortho intramolecular Hbond substituents is 1. The van der Waals surface area contributed by atoms with Gasteiger partial charge in [0.1, 0.15) is 23.5 Å². The number of nitrogens with zero attached hydrogens (tertiary/aromatic N) is 4. The molecule has 1 N–H and O–H groups in total.